The van der Waals surface area contributed by atoms with Gasteiger partial charge in [-0.1, -0.05) is 36.9 Å². The molecule has 1 atom stereocenters. The molecule has 1 aromatic heterocycles. The largest absolute Gasteiger partial charge is 0.457 e. The molecular formula is C26H26N6O2. The number of piperidine rings is 1. The lowest BCUT2D eigenvalue weighted by molar-refractivity contribution is -0.117. The average molecular weight is 455 g/mol. The molecule has 3 N–H and O–H groups in total. The number of nitrogens with two attached hydrogens (primary N) is 1. The molecule has 2 aromatic carbocycles. The van der Waals surface area contributed by atoms with Crippen molar-refractivity contribution in [2.45, 2.75) is 12.8 Å². The van der Waals surface area contributed by atoms with Gasteiger partial charge in [0, 0.05) is 19.6 Å². The maximum Gasteiger partial charge on any atom is 0.261 e. The number of nitriles is 1. The summed E-state index contributed by atoms with van der Waals surface area (Å²) in [6.07, 6.45) is 3.40. The van der Waals surface area contributed by atoms with Gasteiger partial charge in [-0.15, -0.1) is 0 Å². The van der Waals surface area contributed by atoms with Crippen molar-refractivity contribution in [1.82, 2.24) is 15.3 Å². The molecular weight excluding hydrogens is 428 g/mol. The van der Waals surface area contributed by atoms with E-state index in [9.17, 15) is 4.79 Å². The summed E-state index contributed by atoms with van der Waals surface area (Å²) < 4.78 is 5.90. The summed E-state index contributed by atoms with van der Waals surface area (Å²) in [6, 6.07) is 19.1. The summed E-state index contributed by atoms with van der Waals surface area (Å²) in [5, 5.41) is 11.6. The minimum absolute atomic E-state index is 0.0850. The first-order chi connectivity index (χ1) is 16.5. The molecule has 34 heavy (non-hydrogen) atoms. The van der Waals surface area contributed by atoms with E-state index >= 15 is 0 Å². The zero-order valence-electron chi connectivity index (χ0n) is 18.8. The number of para-hydroxylation sites is 1. The number of carbonyl (C=O) groups is 1. The van der Waals surface area contributed by atoms with Gasteiger partial charge in [-0.2, -0.15) is 5.26 Å². The number of nitrogens with one attached hydrogen (secondary N) is 1. The molecule has 2 heterocycles. The highest BCUT2D eigenvalue weighted by Crippen LogP contribution is 2.36. The highest BCUT2D eigenvalue weighted by Gasteiger charge is 2.25. The van der Waals surface area contributed by atoms with Crippen LogP contribution < -0.4 is 20.7 Å². The van der Waals surface area contributed by atoms with Crippen LogP contribution in [0.2, 0.25) is 0 Å². The first-order valence-corrected chi connectivity index (χ1v) is 11.1. The summed E-state index contributed by atoms with van der Waals surface area (Å²) >= 11 is 0. The molecule has 1 saturated heterocycles. The third-order valence-electron chi connectivity index (χ3n) is 5.76. The number of carbonyl (C=O) groups excluding carboxylic acids is 1. The fraction of sp³-hybridized carbons (Fsp3) is 0.231. The van der Waals surface area contributed by atoms with Crippen LogP contribution in [0.15, 0.2) is 73.1 Å². The second-order valence-corrected chi connectivity index (χ2v) is 8.15. The Bertz CT molecular complexity index is 1200. The Morgan fingerprint density at radius 1 is 1.18 bits per heavy atom. The molecule has 0 spiro atoms. The Morgan fingerprint density at radius 3 is 2.65 bits per heavy atom. The number of amides is 1. The molecule has 4 rings (SSSR count). The zero-order valence-corrected chi connectivity index (χ0v) is 18.8. The van der Waals surface area contributed by atoms with Gasteiger partial charge < -0.3 is 20.7 Å². The Morgan fingerprint density at radius 2 is 1.91 bits per heavy atom. The fourth-order valence-corrected chi connectivity index (χ4v) is 4.04. The molecule has 0 radical (unpaired) electrons. The van der Waals surface area contributed by atoms with Crippen molar-refractivity contribution < 1.29 is 9.53 Å². The summed E-state index contributed by atoms with van der Waals surface area (Å²) in [6.45, 7) is 5.46. The van der Waals surface area contributed by atoms with E-state index in [-0.39, 0.29) is 11.5 Å². The van der Waals surface area contributed by atoms with Crippen LogP contribution in [0.25, 0.3) is 11.1 Å². The molecule has 1 fully saturated rings. The Kier molecular flexibility index (Phi) is 7.04. The predicted octanol–water partition coefficient (Wildman–Crippen LogP) is 3.93. The lowest BCUT2D eigenvalue weighted by Gasteiger charge is -2.34. The van der Waals surface area contributed by atoms with Gasteiger partial charge in [-0.3, -0.25) is 4.79 Å². The first-order valence-electron chi connectivity index (χ1n) is 11.1. The maximum atomic E-state index is 11.9. The number of anilines is 2. The van der Waals surface area contributed by atoms with Gasteiger partial charge in [-0.25, -0.2) is 9.97 Å². The van der Waals surface area contributed by atoms with Gasteiger partial charge in [0.2, 0.25) is 0 Å². The topological polar surface area (TPSA) is 117 Å². The SMILES string of the molecule is C=C(C#N)C(=O)NCC1CCCN(c2ncnc(N)c2-c2ccc(Oc3ccccc3)cc2)C1. The Hall–Kier alpha value is -4.38. The van der Waals surface area contributed by atoms with Gasteiger partial charge in [-0.05, 0) is 48.6 Å². The molecule has 0 aliphatic carbocycles. The number of ether oxygens (including phenoxy) is 1. The van der Waals surface area contributed by atoms with Crippen molar-refractivity contribution in [1.29, 1.82) is 5.26 Å². The number of nitrogens with zero attached hydrogens (tertiary/aromatic N) is 4. The van der Waals surface area contributed by atoms with E-state index in [0.29, 0.717) is 18.9 Å². The molecule has 3 aromatic rings. The molecule has 8 nitrogen and oxygen atoms in total. The highest BCUT2D eigenvalue weighted by atomic mass is 16.5. The van der Waals surface area contributed by atoms with Gasteiger partial charge in [0.15, 0.2) is 0 Å². The standard InChI is InChI=1S/C26H26N6O2/c1-18(14-27)26(33)29-15-19-6-5-13-32(16-19)25-23(24(28)30-17-31-25)20-9-11-22(12-10-20)34-21-7-3-2-4-8-21/h2-4,7-12,17,19H,1,5-6,13,15-16H2,(H,29,33)(H2,28,30,31). The predicted molar refractivity (Wildman–Crippen MR) is 131 cm³/mol. The minimum atomic E-state index is -0.426. The molecule has 1 amide bonds. The normalized spacial score (nSPS) is 15.3. The highest BCUT2D eigenvalue weighted by molar-refractivity contribution is 5.96. The van der Waals surface area contributed by atoms with Crippen LogP contribution in [0.5, 0.6) is 11.5 Å². The fourth-order valence-electron chi connectivity index (χ4n) is 4.04. The van der Waals surface area contributed by atoms with Crippen molar-refractivity contribution >= 4 is 17.5 Å². The van der Waals surface area contributed by atoms with E-state index in [2.05, 4.69) is 26.8 Å². The molecule has 8 heteroatoms. The zero-order chi connectivity index (χ0) is 23.9. The van der Waals surface area contributed by atoms with E-state index in [1.54, 1.807) is 6.07 Å². The van der Waals surface area contributed by atoms with Crippen LogP contribution in [0, 0.1) is 17.2 Å². The van der Waals surface area contributed by atoms with Gasteiger partial charge >= 0.3 is 0 Å². The van der Waals surface area contributed by atoms with Crippen LogP contribution in [-0.4, -0.2) is 35.5 Å². The third kappa shape index (κ3) is 5.33. The van der Waals surface area contributed by atoms with Crippen LogP contribution >= 0.6 is 0 Å². The molecule has 1 unspecified atom stereocenters. The summed E-state index contributed by atoms with van der Waals surface area (Å²) in [5.41, 5.74) is 7.88. The van der Waals surface area contributed by atoms with E-state index in [0.717, 1.165) is 47.8 Å². The van der Waals surface area contributed by atoms with Crippen LogP contribution in [0.4, 0.5) is 11.6 Å². The van der Waals surface area contributed by atoms with Crippen molar-refractivity contribution in [3.63, 3.8) is 0 Å². The second-order valence-electron chi connectivity index (χ2n) is 8.15. The molecule has 0 saturated carbocycles. The monoisotopic (exact) mass is 454 g/mol. The molecule has 1 aliphatic heterocycles. The summed E-state index contributed by atoms with van der Waals surface area (Å²) in [4.78, 5) is 22.9. The number of aromatic nitrogens is 2. The molecule has 172 valence electrons. The Balaban J connectivity index is 1.51. The Labute approximate surface area is 198 Å². The lowest BCUT2D eigenvalue weighted by atomic mass is 9.96. The van der Waals surface area contributed by atoms with Crippen LogP contribution in [0.1, 0.15) is 12.8 Å². The summed E-state index contributed by atoms with van der Waals surface area (Å²) in [5.74, 6) is 2.45. The number of nitrogen functional groups attached to an aromatic ring is 1. The number of hydrogen-bond acceptors (Lipinski definition) is 7. The maximum absolute atomic E-state index is 11.9. The quantitative estimate of drug-likeness (QED) is 0.410. The van der Waals surface area contributed by atoms with Crippen molar-refractivity contribution in [3.8, 4) is 28.7 Å². The van der Waals surface area contributed by atoms with Crippen LogP contribution in [-0.2, 0) is 4.79 Å². The van der Waals surface area contributed by atoms with Gasteiger partial charge in [0.05, 0.1) is 5.56 Å². The number of hydrogen-bond donors (Lipinski definition) is 2. The van der Waals surface area contributed by atoms with E-state index in [1.165, 1.54) is 6.33 Å². The minimum Gasteiger partial charge on any atom is -0.457 e. The molecule has 0 bridgehead atoms. The van der Waals surface area contributed by atoms with Gasteiger partial charge in [0.1, 0.15) is 41.1 Å². The van der Waals surface area contributed by atoms with E-state index in [1.807, 2.05) is 54.6 Å². The van der Waals surface area contributed by atoms with Crippen LogP contribution in [0.3, 0.4) is 0 Å². The van der Waals surface area contributed by atoms with Crippen molar-refractivity contribution in [2.24, 2.45) is 5.92 Å². The molecule has 1 aliphatic rings. The van der Waals surface area contributed by atoms with Crippen molar-refractivity contribution in [3.05, 3.63) is 73.1 Å². The first kappa shape index (κ1) is 22.8. The number of benzene rings is 2. The lowest BCUT2D eigenvalue weighted by Crippen LogP contribution is -2.41. The van der Waals surface area contributed by atoms with Gasteiger partial charge in [0.25, 0.3) is 5.91 Å². The average Bonchev–Trinajstić information content (AvgIpc) is 2.88. The summed E-state index contributed by atoms with van der Waals surface area (Å²) in [7, 11) is 0. The smallest absolute Gasteiger partial charge is 0.261 e. The van der Waals surface area contributed by atoms with E-state index in [4.69, 9.17) is 15.7 Å². The number of rotatable bonds is 7. The third-order valence-corrected chi connectivity index (χ3v) is 5.76. The van der Waals surface area contributed by atoms with Crippen molar-refractivity contribution in [2.75, 3.05) is 30.3 Å². The van der Waals surface area contributed by atoms with E-state index < -0.39 is 5.91 Å². The second kappa shape index (κ2) is 10.5.